The number of hydrogen-bond donors (Lipinski definition) is 2. The van der Waals surface area contributed by atoms with Gasteiger partial charge in [-0.3, -0.25) is 9.59 Å². The van der Waals surface area contributed by atoms with E-state index in [1.807, 2.05) is 4.90 Å². The Bertz CT molecular complexity index is 321. The highest BCUT2D eigenvalue weighted by molar-refractivity contribution is 5.79. The maximum absolute atomic E-state index is 11.9. The van der Waals surface area contributed by atoms with Crippen LogP contribution in [0.1, 0.15) is 44.9 Å². The van der Waals surface area contributed by atoms with Crippen molar-refractivity contribution in [2.24, 2.45) is 5.92 Å². The van der Waals surface area contributed by atoms with Gasteiger partial charge >= 0.3 is 0 Å². The van der Waals surface area contributed by atoms with E-state index in [1.165, 1.54) is 12.8 Å². The lowest BCUT2D eigenvalue weighted by Crippen LogP contribution is -2.37. The summed E-state index contributed by atoms with van der Waals surface area (Å²) in [6.07, 6.45) is 6.64. The van der Waals surface area contributed by atoms with Crippen molar-refractivity contribution >= 4 is 11.8 Å². The van der Waals surface area contributed by atoms with Crippen molar-refractivity contribution in [3.8, 4) is 0 Å². The molecule has 2 amide bonds. The van der Waals surface area contributed by atoms with E-state index in [9.17, 15) is 9.59 Å². The summed E-state index contributed by atoms with van der Waals surface area (Å²) in [4.78, 5) is 25.5. The third kappa shape index (κ3) is 5.12. The lowest BCUT2D eigenvalue weighted by molar-refractivity contribution is -0.132. The minimum atomic E-state index is 0.0864. The van der Waals surface area contributed by atoms with Crippen LogP contribution < -0.4 is 10.6 Å². The second-order valence-corrected chi connectivity index (χ2v) is 5.94. The highest BCUT2D eigenvalue weighted by Gasteiger charge is 2.17. The second-order valence-electron chi connectivity index (χ2n) is 5.94. The summed E-state index contributed by atoms with van der Waals surface area (Å²) in [5, 5.41) is 6.18. The number of nitrogens with one attached hydrogen (secondary N) is 2. The van der Waals surface area contributed by atoms with Crippen molar-refractivity contribution in [3.05, 3.63) is 0 Å². The van der Waals surface area contributed by atoms with Crippen molar-refractivity contribution in [1.29, 1.82) is 0 Å². The first kappa shape index (κ1) is 15.3. The van der Waals surface area contributed by atoms with E-state index in [0.29, 0.717) is 25.3 Å². The Labute approximate surface area is 121 Å². The second kappa shape index (κ2) is 8.25. The summed E-state index contributed by atoms with van der Waals surface area (Å²) in [6, 6.07) is 0. The summed E-state index contributed by atoms with van der Waals surface area (Å²) >= 11 is 0. The first-order valence-electron chi connectivity index (χ1n) is 8.01. The van der Waals surface area contributed by atoms with Crippen molar-refractivity contribution in [2.45, 2.75) is 44.9 Å². The zero-order valence-corrected chi connectivity index (χ0v) is 12.3. The van der Waals surface area contributed by atoms with E-state index < -0.39 is 0 Å². The van der Waals surface area contributed by atoms with Crippen LogP contribution in [-0.4, -0.2) is 49.4 Å². The zero-order chi connectivity index (χ0) is 14.2. The van der Waals surface area contributed by atoms with E-state index in [4.69, 9.17) is 0 Å². The summed E-state index contributed by atoms with van der Waals surface area (Å²) < 4.78 is 0. The molecule has 5 nitrogen and oxygen atoms in total. The van der Waals surface area contributed by atoms with Gasteiger partial charge < -0.3 is 15.5 Å². The molecule has 0 aromatic rings. The Morgan fingerprint density at radius 1 is 1.15 bits per heavy atom. The molecule has 2 N–H and O–H groups in total. The molecule has 20 heavy (non-hydrogen) atoms. The van der Waals surface area contributed by atoms with Crippen LogP contribution >= 0.6 is 0 Å². The van der Waals surface area contributed by atoms with Gasteiger partial charge in [0.25, 0.3) is 0 Å². The quantitative estimate of drug-likeness (QED) is 0.760. The van der Waals surface area contributed by atoms with E-state index in [0.717, 1.165) is 45.4 Å². The Balaban J connectivity index is 1.52. The van der Waals surface area contributed by atoms with Gasteiger partial charge in [0.15, 0.2) is 0 Å². The molecular formula is C15H27N3O2. The number of amides is 2. The number of carbonyl (C=O) groups is 2. The van der Waals surface area contributed by atoms with Gasteiger partial charge in [0.2, 0.25) is 11.8 Å². The van der Waals surface area contributed by atoms with Gasteiger partial charge in [-0.2, -0.15) is 0 Å². The first-order chi connectivity index (χ1) is 9.75. The van der Waals surface area contributed by atoms with E-state index in [1.54, 1.807) is 0 Å². The Kier molecular flexibility index (Phi) is 6.30. The molecule has 114 valence electrons. The summed E-state index contributed by atoms with van der Waals surface area (Å²) in [6.45, 7) is 4.39. The van der Waals surface area contributed by atoms with Crippen LogP contribution in [0.2, 0.25) is 0 Å². The molecule has 2 fully saturated rings. The smallest absolute Gasteiger partial charge is 0.224 e. The maximum Gasteiger partial charge on any atom is 0.224 e. The number of carbonyl (C=O) groups excluding carboxylic acids is 2. The fourth-order valence-electron chi connectivity index (χ4n) is 2.99. The monoisotopic (exact) mass is 281 g/mol. The zero-order valence-electron chi connectivity index (χ0n) is 12.3. The highest BCUT2D eigenvalue weighted by Crippen LogP contribution is 2.14. The van der Waals surface area contributed by atoms with Gasteiger partial charge in [0.1, 0.15) is 0 Å². The molecule has 0 aromatic heterocycles. The molecule has 2 rings (SSSR count). The van der Waals surface area contributed by atoms with Gasteiger partial charge in [-0.15, -0.1) is 0 Å². The van der Waals surface area contributed by atoms with Gasteiger partial charge in [0.05, 0.1) is 0 Å². The molecule has 5 heteroatoms. The molecule has 0 spiro atoms. The SMILES string of the molecule is O=C(CCC1CCNC1)NCCC(=O)N1CCCCC1. The van der Waals surface area contributed by atoms with Crippen molar-refractivity contribution in [1.82, 2.24) is 15.5 Å². The fourth-order valence-corrected chi connectivity index (χ4v) is 2.99. The fraction of sp³-hybridized carbons (Fsp3) is 0.867. The van der Waals surface area contributed by atoms with Gasteiger partial charge in [-0.05, 0) is 51.1 Å². The van der Waals surface area contributed by atoms with Crippen LogP contribution in [0.5, 0.6) is 0 Å². The largest absolute Gasteiger partial charge is 0.356 e. The first-order valence-corrected chi connectivity index (χ1v) is 8.01. The van der Waals surface area contributed by atoms with Crippen LogP contribution in [-0.2, 0) is 9.59 Å². The number of nitrogens with zero attached hydrogens (tertiary/aromatic N) is 1. The van der Waals surface area contributed by atoms with Crippen LogP contribution in [0, 0.1) is 5.92 Å². The standard InChI is InChI=1S/C15H27N3O2/c19-14(5-4-13-6-8-16-12-13)17-9-7-15(20)18-10-2-1-3-11-18/h13,16H,1-12H2,(H,17,19). The van der Waals surface area contributed by atoms with Crippen LogP contribution in [0.15, 0.2) is 0 Å². The Hall–Kier alpha value is -1.10. The summed E-state index contributed by atoms with van der Waals surface area (Å²) in [5.74, 6) is 0.920. The molecule has 2 aliphatic heterocycles. The van der Waals surface area contributed by atoms with Gasteiger partial charge in [0, 0.05) is 32.5 Å². The van der Waals surface area contributed by atoms with Gasteiger partial charge in [-0.1, -0.05) is 0 Å². The van der Waals surface area contributed by atoms with E-state index >= 15 is 0 Å². The molecule has 2 saturated heterocycles. The van der Waals surface area contributed by atoms with Crippen molar-refractivity contribution in [2.75, 3.05) is 32.7 Å². The predicted molar refractivity (Wildman–Crippen MR) is 78.3 cm³/mol. The maximum atomic E-state index is 11.9. The summed E-state index contributed by atoms with van der Waals surface area (Å²) in [7, 11) is 0. The van der Waals surface area contributed by atoms with Gasteiger partial charge in [-0.25, -0.2) is 0 Å². The number of hydrogen-bond acceptors (Lipinski definition) is 3. The van der Waals surface area contributed by atoms with Crippen molar-refractivity contribution in [3.63, 3.8) is 0 Å². The highest BCUT2D eigenvalue weighted by atomic mass is 16.2. The van der Waals surface area contributed by atoms with Crippen LogP contribution in [0.3, 0.4) is 0 Å². The molecule has 0 saturated carbocycles. The predicted octanol–water partition coefficient (Wildman–Crippen LogP) is 0.895. The number of likely N-dealkylation sites (tertiary alicyclic amines) is 1. The van der Waals surface area contributed by atoms with E-state index in [2.05, 4.69) is 10.6 Å². The number of piperidine rings is 1. The molecule has 2 heterocycles. The third-order valence-electron chi connectivity index (χ3n) is 4.31. The van der Waals surface area contributed by atoms with Crippen molar-refractivity contribution < 1.29 is 9.59 Å². The third-order valence-corrected chi connectivity index (χ3v) is 4.31. The molecule has 1 atom stereocenters. The molecular weight excluding hydrogens is 254 g/mol. The Morgan fingerprint density at radius 3 is 2.65 bits per heavy atom. The van der Waals surface area contributed by atoms with Crippen LogP contribution in [0.25, 0.3) is 0 Å². The summed E-state index contributed by atoms with van der Waals surface area (Å²) in [5.41, 5.74) is 0. The Morgan fingerprint density at radius 2 is 1.95 bits per heavy atom. The topological polar surface area (TPSA) is 61.4 Å². The molecule has 0 aromatic carbocycles. The lowest BCUT2D eigenvalue weighted by atomic mass is 10.0. The van der Waals surface area contributed by atoms with Crippen LogP contribution in [0.4, 0.5) is 0 Å². The normalized spacial score (nSPS) is 22.8. The average molecular weight is 281 g/mol. The molecule has 0 bridgehead atoms. The lowest BCUT2D eigenvalue weighted by Gasteiger charge is -2.26. The molecule has 1 unspecified atom stereocenters. The molecule has 0 radical (unpaired) electrons. The molecule has 2 aliphatic rings. The van der Waals surface area contributed by atoms with E-state index in [-0.39, 0.29) is 11.8 Å². The minimum absolute atomic E-state index is 0.0864. The molecule has 0 aliphatic carbocycles. The minimum Gasteiger partial charge on any atom is -0.356 e. The average Bonchev–Trinajstić information content (AvgIpc) is 2.99. The number of rotatable bonds is 6.